The Bertz CT molecular complexity index is 978. The molecule has 0 amide bonds. The summed E-state index contributed by atoms with van der Waals surface area (Å²) in [5, 5.41) is 1.63. The summed E-state index contributed by atoms with van der Waals surface area (Å²) in [6.07, 6.45) is 1.10. The number of carbonyl (C=O) groups is 1. The smallest absolute Gasteiger partial charge is 0.310 e. The summed E-state index contributed by atoms with van der Waals surface area (Å²) in [7, 11) is 0. The van der Waals surface area contributed by atoms with Gasteiger partial charge in [0.15, 0.2) is 0 Å². The van der Waals surface area contributed by atoms with E-state index in [9.17, 15) is 4.79 Å². The second-order valence-corrected chi connectivity index (χ2v) is 7.03. The van der Waals surface area contributed by atoms with Crippen LogP contribution >= 0.6 is 11.6 Å². The molecule has 4 heteroatoms. The third-order valence-electron chi connectivity index (χ3n) is 4.58. The molecule has 0 bridgehead atoms. The number of ether oxygens (including phenoxy) is 1. The van der Waals surface area contributed by atoms with E-state index in [-0.39, 0.29) is 5.97 Å². The minimum Gasteiger partial charge on any atom is -0.426 e. The number of benzene rings is 2. The number of hydrogen-bond acceptors (Lipinski definition) is 3. The van der Waals surface area contributed by atoms with Crippen LogP contribution in [0.4, 0.5) is 0 Å². The standard InChI is InChI=1S/C22H22ClNO2/c1-5-21(25)26-20-11-13(2)10-19-22(20)14(3)18(15(4)24-19)12-16-6-8-17(23)9-7-16/h6-11H,5,12H2,1-4H3. The van der Waals surface area contributed by atoms with Crippen LogP contribution in [0.1, 0.15) is 41.3 Å². The van der Waals surface area contributed by atoms with Gasteiger partial charge in [-0.1, -0.05) is 30.7 Å². The highest BCUT2D eigenvalue weighted by Crippen LogP contribution is 2.33. The first-order valence-corrected chi connectivity index (χ1v) is 9.12. The lowest BCUT2D eigenvalue weighted by Crippen LogP contribution is -2.08. The molecule has 2 aromatic carbocycles. The number of halogens is 1. The van der Waals surface area contributed by atoms with Crippen molar-refractivity contribution >= 4 is 28.5 Å². The summed E-state index contributed by atoms with van der Waals surface area (Å²) in [6.45, 7) is 7.87. The first-order chi connectivity index (χ1) is 12.4. The van der Waals surface area contributed by atoms with Crippen LogP contribution in [0, 0.1) is 20.8 Å². The fourth-order valence-electron chi connectivity index (χ4n) is 3.21. The molecule has 3 rings (SSSR count). The predicted octanol–water partition coefficient (Wildman–Crippen LogP) is 5.72. The van der Waals surface area contributed by atoms with Crippen molar-refractivity contribution in [2.24, 2.45) is 0 Å². The van der Waals surface area contributed by atoms with Gasteiger partial charge in [0.25, 0.3) is 0 Å². The summed E-state index contributed by atoms with van der Waals surface area (Å²) in [5.41, 5.74) is 6.29. The number of esters is 1. The Labute approximate surface area is 159 Å². The molecule has 0 unspecified atom stereocenters. The molecule has 0 saturated carbocycles. The summed E-state index contributed by atoms with van der Waals surface area (Å²) in [6, 6.07) is 11.8. The van der Waals surface area contributed by atoms with Crippen molar-refractivity contribution in [3.63, 3.8) is 0 Å². The average Bonchev–Trinajstić information content (AvgIpc) is 2.59. The molecule has 1 heterocycles. The normalized spacial score (nSPS) is 11.0. The van der Waals surface area contributed by atoms with E-state index in [4.69, 9.17) is 21.3 Å². The molecule has 3 nitrogen and oxygen atoms in total. The molecule has 0 aliphatic heterocycles. The molecule has 0 radical (unpaired) electrons. The molecule has 3 aromatic rings. The number of nitrogens with zero attached hydrogens (tertiary/aromatic N) is 1. The van der Waals surface area contributed by atoms with Crippen LogP contribution in [0.3, 0.4) is 0 Å². The van der Waals surface area contributed by atoms with Crippen molar-refractivity contribution in [3.05, 3.63) is 69.4 Å². The van der Waals surface area contributed by atoms with Crippen molar-refractivity contribution in [1.29, 1.82) is 0 Å². The van der Waals surface area contributed by atoms with Crippen LogP contribution < -0.4 is 4.74 Å². The van der Waals surface area contributed by atoms with Gasteiger partial charge in [0, 0.05) is 22.5 Å². The molecular formula is C22H22ClNO2. The van der Waals surface area contributed by atoms with Gasteiger partial charge in [-0.2, -0.15) is 0 Å². The molecule has 26 heavy (non-hydrogen) atoms. The number of hydrogen-bond donors (Lipinski definition) is 0. The highest BCUT2D eigenvalue weighted by molar-refractivity contribution is 6.30. The lowest BCUT2D eigenvalue weighted by molar-refractivity contribution is -0.133. The van der Waals surface area contributed by atoms with Crippen LogP contribution in [0.2, 0.25) is 5.02 Å². The summed E-state index contributed by atoms with van der Waals surface area (Å²) in [5.74, 6) is 0.352. The maximum atomic E-state index is 11.9. The first-order valence-electron chi connectivity index (χ1n) is 8.74. The number of pyridine rings is 1. The molecule has 0 saturated heterocycles. The Morgan fingerprint density at radius 3 is 2.46 bits per heavy atom. The van der Waals surface area contributed by atoms with Crippen molar-refractivity contribution in [2.45, 2.75) is 40.5 Å². The van der Waals surface area contributed by atoms with Gasteiger partial charge in [-0.3, -0.25) is 9.78 Å². The molecule has 0 aliphatic rings. The average molecular weight is 368 g/mol. The molecule has 0 atom stereocenters. The largest absolute Gasteiger partial charge is 0.426 e. The third kappa shape index (κ3) is 3.73. The Hall–Kier alpha value is -2.39. The van der Waals surface area contributed by atoms with E-state index in [1.165, 1.54) is 5.56 Å². The van der Waals surface area contributed by atoms with Gasteiger partial charge in [-0.25, -0.2) is 0 Å². The van der Waals surface area contributed by atoms with Gasteiger partial charge in [0.05, 0.1) is 5.52 Å². The van der Waals surface area contributed by atoms with E-state index in [1.54, 1.807) is 6.92 Å². The molecular weight excluding hydrogens is 346 g/mol. The monoisotopic (exact) mass is 367 g/mol. The Balaban J connectivity index is 2.15. The molecule has 134 valence electrons. The Kier molecular flexibility index (Phi) is 5.28. The van der Waals surface area contributed by atoms with Gasteiger partial charge in [-0.15, -0.1) is 0 Å². The Morgan fingerprint density at radius 1 is 1.12 bits per heavy atom. The first kappa shape index (κ1) is 18.4. The van der Waals surface area contributed by atoms with E-state index >= 15 is 0 Å². The van der Waals surface area contributed by atoms with E-state index in [0.717, 1.165) is 44.7 Å². The van der Waals surface area contributed by atoms with Crippen molar-refractivity contribution in [1.82, 2.24) is 4.98 Å². The SMILES string of the molecule is CCC(=O)Oc1cc(C)cc2nc(C)c(Cc3ccc(Cl)cc3)c(C)c12. The number of aromatic nitrogens is 1. The minimum absolute atomic E-state index is 0.240. The fraction of sp³-hybridized carbons (Fsp3) is 0.273. The predicted molar refractivity (Wildman–Crippen MR) is 106 cm³/mol. The summed E-state index contributed by atoms with van der Waals surface area (Å²) >= 11 is 5.99. The van der Waals surface area contributed by atoms with Gasteiger partial charge < -0.3 is 4.74 Å². The van der Waals surface area contributed by atoms with Gasteiger partial charge in [0.2, 0.25) is 0 Å². The van der Waals surface area contributed by atoms with Crippen molar-refractivity contribution in [2.75, 3.05) is 0 Å². The highest BCUT2D eigenvalue weighted by Gasteiger charge is 2.16. The second-order valence-electron chi connectivity index (χ2n) is 6.59. The lowest BCUT2D eigenvalue weighted by Gasteiger charge is -2.16. The Morgan fingerprint density at radius 2 is 1.81 bits per heavy atom. The van der Waals surface area contributed by atoms with E-state index in [0.29, 0.717) is 12.2 Å². The molecule has 0 spiro atoms. The third-order valence-corrected chi connectivity index (χ3v) is 4.84. The van der Waals surface area contributed by atoms with Crippen LogP contribution in [0.5, 0.6) is 5.75 Å². The van der Waals surface area contributed by atoms with Crippen LogP contribution in [0.15, 0.2) is 36.4 Å². The van der Waals surface area contributed by atoms with E-state index in [1.807, 2.05) is 50.2 Å². The number of rotatable bonds is 4. The zero-order valence-electron chi connectivity index (χ0n) is 15.5. The van der Waals surface area contributed by atoms with Gasteiger partial charge >= 0.3 is 5.97 Å². The van der Waals surface area contributed by atoms with E-state index in [2.05, 4.69) is 6.92 Å². The van der Waals surface area contributed by atoms with Crippen molar-refractivity contribution < 1.29 is 9.53 Å². The van der Waals surface area contributed by atoms with Crippen LogP contribution in [-0.4, -0.2) is 11.0 Å². The maximum Gasteiger partial charge on any atom is 0.310 e. The highest BCUT2D eigenvalue weighted by atomic mass is 35.5. The number of aryl methyl sites for hydroxylation is 3. The van der Waals surface area contributed by atoms with Gasteiger partial charge in [-0.05, 0) is 73.7 Å². The zero-order chi connectivity index (χ0) is 18.8. The number of fused-ring (bicyclic) bond motifs is 1. The molecule has 1 aromatic heterocycles. The summed E-state index contributed by atoms with van der Waals surface area (Å²) < 4.78 is 5.60. The van der Waals surface area contributed by atoms with Gasteiger partial charge in [0.1, 0.15) is 5.75 Å². The molecule has 0 fully saturated rings. The van der Waals surface area contributed by atoms with E-state index < -0.39 is 0 Å². The lowest BCUT2D eigenvalue weighted by atomic mass is 9.95. The quantitative estimate of drug-likeness (QED) is 0.437. The zero-order valence-corrected chi connectivity index (χ0v) is 16.3. The fourth-order valence-corrected chi connectivity index (χ4v) is 3.34. The van der Waals surface area contributed by atoms with Crippen LogP contribution in [-0.2, 0) is 11.2 Å². The topological polar surface area (TPSA) is 39.2 Å². The van der Waals surface area contributed by atoms with Crippen LogP contribution in [0.25, 0.3) is 10.9 Å². The molecule has 0 N–H and O–H groups in total. The molecule has 0 aliphatic carbocycles. The summed E-state index contributed by atoms with van der Waals surface area (Å²) in [4.78, 5) is 16.7. The maximum absolute atomic E-state index is 11.9. The minimum atomic E-state index is -0.240. The second kappa shape index (κ2) is 7.46. The number of carbonyl (C=O) groups excluding carboxylic acids is 1. The van der Waals surface area contributed by atoms with Crippen molar-refractivity contribution in [3.8, 4) is 5.75 Å².